The molecule has 4 rings (SSSR count). The van der Waals surface area contributed by atoms with Crippen molar-refractivity contribution in [1.82, 2.24) is 35.5 Å². The highest BCUT2D eigenvalue weighted by atomic mass is 35.5. The van der Waals surface area contributed by atoms with Crippen molar-refractivity contribution in [2.75, 3.05) is 0 Å². The third-order valence-electron chi connectivity index (χ3n) is 4.96. The number of aromatic nitrogens is 6. The van der Waals surface area contributed by atoms with Gasteiger partial charge in [-0.05, 0) is 46.7 Å². The normalized spacial score (nSPS) is 11.0. The smallest absolute Gasteiger partial charge is 0.251 e. The van der Waals surface area contributed by atoms with Crippen LogP contribution in [0.5, 0.6) is 0 Å². The quantitative estimate of drug-likeness (QED) is 0.477. The summed E-state index contributed by atoms with van der Waals surface area (Å²) in [6.45, 7) is 6.24. The molecule has 32 heavy (non-hydrogen) atoms. The predicted molar refractivity (Wildman–Crippen MR) is 122 cm³/mol. The first-order valence-corrected chi connectivity index (χ1v) is 10.5. The molecule has 0 radical (unpaired) electrons. The fourth-order valence-corrected chi connectivity index (χ4v) is 3.42. The van der Waals surface area contributed by atoms with Gasteiger partial charge in [-0.3, -0.25) is 9.78 Å². The van der Waals surface area contributed by atoms with Gasteiger partial charge in [-0.25, -0.2) is 4.98 Å². The number of aryl methyl sites for hydroxylation is 1. The Labute approximate surface area is 190 Å². The van der Waals surface area contributed by atoms with Gasteiger partial charge in [-0.2, -0.15) is 4.68 Å². The number of rotatable bonds is 6. The number of tetrazole rings is 1. The third kappa shape index (κ3) is 4.65. The molecule has 8 nitrogen and oxygen atoms in total. The lowest BCUT2D eigenvalue weighted by Crippen LogP contribution is -2.24. The van der Waals surface area contributed by atoms with E-state index < -0.39 is 0 Å². The van der Waals surface area contributed by atoms with Crippen molar-refractivity contribution >= 4 is 17.5 Å². The van der Waals surface area contributed by atoms with E-state index in [1.165, 1.54) is 12.4 Å². The minimum Gasteiger partial charge on any atom is -0.346 e. The number of amides is 1. The van der Waals surface area contributed by atoms with Crippen molar-refractivity contribution in [1.29, 1.82) is 0 Å². The van der Waals surface area contributed by atoms with E-state index in [0.717, 1.165) is 16.7 Å². The highest BCUT2D eigenvalue weighted by Crippen LogP contribution is 2.26. The molecule has 2 heterocycles. The van der Waals surface area contributed by atoms with Crippen LogP contribution in [0.25, 0.3) is 16.8 Å². The number of nitrogens with zero attached hydrogens (tertiary/aromatic N) is 6. The van der Waals surface area contributed by atoms with Crippen molar-refractivity contribution in [3.63, 3.8) is 0 Å². The Morgan fingerprint density at radius 2 is 1.81 bits per heavy atom. The number of carbonyl (C=O) groups excluding carboxylic acids is 1. The molecule has 0 aliphatic heterocycles. The molecule has 0 aliphatic carbocycles. The van der Waals surface area contributed by atoms with E-state index in [1.54, 1.807) is 10.7 Å². The van der Waals surface area contributed by atoms with Crippen LogP contribution in [0, 0.1) is 6.92 Å². The van der Waals surface area contributed by atoms with Crippen molar-refractivity contribution in [2.45, 2.75) is 33.2 Å². The molecule has 0 atom stereocenters. The van der Waals surface area contributed by atoms with Crippen LogP contribution in [0.1, 0.15) is 47.2 Å². The maximum Gasteiger partial charge on any atom is 0.251 e. The molecule has 0 saturated heterocycles. The van der Waals surface area contributed by atoms with Gasteiger partial charge in [-0.1, -0.05) is 55.3 Å². The van der Waals surface area contributed by atoms with Gasteiger partial charge in [0.15, 0.2) is 11.0 Å². The van der Waals surface area contributed by atoms with E-state index in [-0.39, 0.29) is 23.5 Å². The summed E-state index contributed by atoms with van der Waals surface area (Å²) < 4.78 is 1.67. The lowest BCUT2D eigenvalue weighted by atomic mass is 10.0. The molecule has 0 spiro atoms. The number of hydrogen-bond acceptors (Lipinski definition) is 6. The molecule has 1 N–H and O–H groups in total. The lowest BCUT2D eigenvalue weighted by Gasteiger charge is -2.13. The van der Waals surface area contributed by atoms with Crippen LogP contribution in [0.3, 0.4) is 0 Å². The van der Waals surface area contributed by atoms with Crippen LogP contribution in [-0.2, 0) is 6.54 Å². The zero-order valence-corrected chi connectivity index (χ0v) is 18.7. The van der Waals surface area contributed by atoms with Crippen LogP contribution >= 0.6 is 11.6 Å². The number of carbonyl (C=O) groups is 1. The van der Waals surface area contributed by atoms with Gasteiger partial charge in [0, 0.05) is 23.9 Å². The molecular formula is C23H22ClN7O. The summed E-state index contributed by atoms with van der Waals surface area (Å²) in [6.07, 6.45) is 3.04. The SMILES string of the molecule is Cc1ccc(-c2cc(C(=O)NCc3nccnc3Cl)cc(-n3nnnc3C(C)C)c2)cc1. The summed E-state index contributed by atoms with van der Waals surface area (Å²) >= 11 is 6.06. The Hall–Kier alpha value is -3.65. The molecule has 0 unspecified atom stereocenters. The van der Waals surface area contributed by atoms with E-state index in [1.807, 2.05) is 57.2 Å². The van der Waals surface area contributed by atoms with Crippen LogP contribution in [0.15, 0.2) is 54.9 Å². The maximum atomic E-state index is 13.0. The summed E-state index contributed by atoms with van der Waals surface area (Å²) in [7, 11) is 0. The molecule has 162 valence electrons. The predicted octanol–water partition coefficient (Wildman–Crippen LogP) is 4.13. The highest BCUT2D eigenvalue weighted by molar-refractivity contribution is 6.30. The van der Waals surface area contributed by atoms with Gasteiger partial charge in [0.05, 0.1) is 17.9 Å². The fraction of sp³-hybridized carbons (Fsp3) is 0.217. The topological polar surface area (TPSA) is 98.5 Å². The minimum absolute atomic E-state index is 0.115. The number of nitrogens with one attached hydrogen (secondary N) is 1. The Kier molecular flexibility index (Phi) is 6.23. The largest absolute Gasteiger partial charge is 0.346 e. The average Bonchev–Trinajstić information content (AvgIpc) is 3.29. The van der Waals surface area contributed by atoms with E-state index in [0.29, 0.717) is 22.8 Å². The summed E-state index contributed by atoms with van der Waals surface area (Å²) in [4.78, 5) is 21.2. The molecule has 9 heteroatoms. The summed E-state index contributed by atoms with van der Waals surface area (Å²) in [5.74, 6) is 0.564. The maximum absolute atomic E-state index is 13.0. The van der Waals surface area contributed by atoms with Crippen LogP contribution < -0.4 is 5.32 Å². The molecule has 2 aromatic heterocycles. The molecule has 4 aromatic rings. The van der Waals surface area contributed by atoms with Crippen molar-refractivity contribution in [2.24, 2.45) is 0 Å². The summed E-state index contributed by atoms with van der Waals surface area (Å²) in [5, 5.41) is 15.2. The zero-order chi connectivity index (χ0) is 22.7. The molecule has 0 aliphatic rings. The fourth-order valence-electron chi connectivity index (χ4n) is 3.25. The second-order valence-corrected chi connectivity index (χ2v) is 8.07. The Bertz CT molecular complexity index is 1250. The Morgan fingerprint density at radius 1 is 1.06 bits per heavy atom. The van der Waals surface area contributed by atoms with Crippen LogP contribution in [0.4, 0.5) is 0 Å². The van der Waals surface area contributed by atoms with Crippen LogP contribution in [0.2, 0.25) is 5.15 Å². The van der Waals surface area contributed by atoms with E-state index in [9.17, 15) is 4.79 Å². The summed E-state index contributed by atoms with van der Waals surface area (Å²) in [5.41, 5.74) is 4.71. The lowest BCUT2D eigenvalue weighted by molar-refractivity contribution is 0.0950. The Balaban J connectivity index is 1.73. The molecule has 2 aromatic carbocycles. The van der Waals surface area contributed by atoms with Crippen molar-refractivity contribution < 1.29 is 4.79 Å². The van der Waals surface area contributed by atoms with E-state index in [2.05, 4.69) is 30.8 Å². The van der Waals surface area contributed by atoms with Gasteiger partial charge in [0.2, 0.25) is 0 Å². The summed E-state index contributed by atoms with van der Waals surface area (Å²) in [6, 6.07) is 13.7. The van der Waals surface area contributed by atoms with Gasteiger partial charge < -0.3 is 5.32 Å². The molecule has 0 saturated carbocycles. The first kappa shape index (κ1) is 21.6. The van der Waals surface area contributed by atoms with Gasteiger partial charge in [0.25, 0.3) is 5.91 Å². The Morgan fingerprint density at radius 3 is 2.53 bits per heavy atom. The third-order valence-corrected chi connectivity index (χ3v) is 5.27. The molecule has 0 bridgehead atoms. The first-order chi connectivity index (χ1) is 15.4. The number of halogens is 1. The second-order valence-electron chi connectivity index (χ2n) is 7.71. The van der Waals surface area contributed by atoms with Gasteiger partial charge >= 0.3 is 0 Å². The average molecular weight is 448 g/mol. The number of benzene rings is 2. The standard InChI is InChI=1S/C23H22ClN7O/c1-14(2)22-28-29-30-31(22)19-11-17(16-6-4-15(3)5-7-16)10-18(12-19)23(32)27-13-20-21(24)26-9-8-25-20/h4-12,14H,13H2,1-3H3,(H,27,32). The molecule has 1 amide bonds. The van der Waals surface area contributed by atoms with Crippen molar-refractivity contribution in [3.8, 4) is 16.8 Å². The molecular weight excluding hydrogens is 426 g/mol. The van der Waals surface area contributed by atoms with E-state index in [4.69, 9.17) is 11.6 Å². The van der Waals surface area contributed by atoms with Gasteiger partial charge in [0.1, 0.15) is 0 Å². The molecule has 0 fully saturated rings. The first-order valence-electron chi connectivity index (χ1n) is 10.2. The highest BCUT2D eigenvalue weighted by Gasteiger charge is 2.16. The zero-order valence-electron chi connectivity index (χ0n) is 18.0. The van der Waals surface area contributed by atoms with Crippen LogP contribution in [-0.4, -0.2) is 36.1 Å². The second kappa shape index (κ2) is 9.23. The monoisotopic (exact) mass is 447 g/mol. The minimum atomic E-state index is -0.263. The number of hydrogen-bond donors (Lipinski definition) is 1. The van der Waals surface area contributed by atoms with Crippen molar-refractivity contribution in [3.05, 3.63) is 82.7 Å². The van der Waals surface area contributed by atoms with E-state index >= 15 is 0 Å². The van der Waals surface area contributed by atoms with Gasteiger partial charge in [-0.15, -0.1) is 5.10 Å².